The molecular weight excluding hydrogens is 227 g/mol. The van der Waals surface area contributed by atoms with Crippen LogP contribution >= 0.6 is 37.4 Å². The van der Waals surface area contributed by atoms with Gasteiger partial charge in [-0.1, -0.05) is 6.92 Å². The molecule has 1 rings (SSSR count). The minimum atomic E-state index is 0. The number of piperazine rings is 1. The molecular formula is C8H20Cl2N2S. The smallest absolute Gasteiger partial charge is 0.0116 e. The van der Waals surface area contributed by atoms with Crippen LogP contribution < -0.4 is 0 Å². The predicted octanol–water partition coefficient (Wildman–Crippen LogP) is 1.40. The van der Waals surface area contributed by atoms with Gasteiger partial charge < -0.3 is 4.90 Å². The van der Waals surface area contributed by atoms with Gasteiger partial charge in [-0.05, 0) is 7.05 Å². The maximum atomic E-state index is 4.38. The molecule has 0 aliphatic carbocycles. The average Bonchev–Trinajstić information content (AvgIpc) is 1.93. The van der Waals surface area contributed by atoms with Gasteiger partial charge in [0, 0.05) is 38.0 Å². The van der Waals surface area contributed by atoms with E-state index in [1.807, 2.05) is 0 Å². The third kappa shape index (κ3) is 6.86. The number of rotatable bonds is 2. The zero-order valence-electron chi connectivity index (χ0n) is 8.27. The summed E-state index contributed by atoms with van der Waals surface area (Å²) in [5, 5.41) is 0.512. The molecule has 1 saturated heterocycles. The molecule has 0 aromatic carbocycles. The van der Waals surface area contributed by atoms with E-state index in [-0.39, 0.29) is 24.8 Å². The Morgan fingerprint density at radius 3 is 2.00 bits per heavy atom. The van der Waals surface area contributed by atoms with Crippen LogP contribution in [0.1, 0.15) is 6.92 Å². The summed E-state index contributed by atoms with van der Waals surface area (Å²) in [6.07, 6.45) is 0. The first-order valence-electron chi connectivity index (χ1n) is 4.27. The number of nitrogens with zero attached hydrogens (tertiary/aromatic N) is 2. The molecule has 0 amide bonds. The van der Waals surface area contributed by atoms with E-state index < -0.39 is 0 Å². The summed E-state index contributed by atoms with van der Waals surface area (Å²) in [5.41, 5.74) is 0. The third-order valence-electron chi connectivity index (χ3n) is 2.12. The van der Waals surface area contributed by atoms with Gasteiger partial charge in [-0.2, -0.15) is 12.6 Å². The van der Waals surface area contributed by atoms with Crippen LogP contribution in [-0.2, 0) is 0 Å². The zero-order chi connectivity index (χ0) is 8.27. The number of thiol groups is 1. The first-order valence-corrected chi connectivity index (χ1v) is 4.79. The third-order valence-corrected chi connectivity index (χ3v) is 2.28. The molecule has 0 spiro atoms. The van der Waals surface area contributed by atoms with Crippen molar-refractivity contribution in [2.24, 2.45) is 0 Å². The number of hydrogen-bond acceptors (Lipinski definition) is 3. The molecule has 5 heteroatoms. The summed E-state index contributed by atoms with van der Waals surface area (Å²) in [4.78, 5) is 4.86. The molecule has 1 unspecified atom stereocenters. The van der Waals surface area contributed by atoms with E-state index in [1.54, 1.807) is 0 Å². The van der Waals surface area contributed by atoms with Crippen LogP contribution in [-0.4, -0.2) is 54.8 Å². The van der Waals surface area contributed by atoms with Crippen LogP contribution in [0.4, 0.5) is 0 Å². The fourth-order valence-electron chi connectivity index (χ4n) is 1.40. The summed E-state index contributed by atoms with van der Waals surface area (Å²) >= 11 is 4.38. The monoisotopic (exact) mass is 246 g/mol. The molecule has 1 aliphatic heterocycles. The molecule has 0 N–H and O–H groups in total. The maximum Gasteiger partial charge on any atom is 0.0116 e. The average molecular weight is 247 g/mol. The Morgan fingerprint density at radius 1 is 1.15 bits per heavy atom. The van der Waals surface area contributed by atoms with Gasteiger partial charge in [-0.3, -0.25) is 4.90 Å². The quantitative estimate of drug-likeness (QED) is 0.737. The summed E-state index contributed by atoms with van der Waals surface area (Å²) in [6, 6.07) is 0. The second-order valence-corrected chi connectivity index (χ2v) is 4.33. The van der Waals surface area contributed by atoms with E-state index >= 15 is 0 Å². The van der Waals surface area contributed by atoms with Crippen LogP contribution in [0.3, 0.4) is 0 Å². The fraction of sp³-hybridized carbons (Fsp3) is 1.00. The normalized spacial score (nSPS) is 21.5. The minimum Gasteiger partial charge on any atom is -0.304 e. The second-order valence-electron chi connectivity index (χ2n) is 3.45. The van der Waals surface area contributed by atoms with Gasteiger partial charge in [-0.25, -0.2) is 0 Å². The topological polar surface area (TPSA) is 6.48 Å². The molecule has 0 aromatic rings. The molecule has 13 heavy (non-hydrogen) atoms. The van der Waals surface area contributed by atoms with Gasteiger partial charge in [0.1, 0.15) is 0 Å². The van der Waals surface area contributed by atoms with Gasteiger partial charge in [0.15, 0.2) is 0 Å². The van der Waals surface area contributed by atoms with Crippen LogP contribution in [0.2, 0.25) is 0 Å². The molecule has 1 atom stereocenters. The van der Waals surface area contributed by atoms with Crippen molar-refractivity contribution in [3.05, 3.63) is 0 Å². The lowest BCUT2D eigenvalue weighted by atomic mass is 10.3. The molecule has 2 nitrogen and oxygen atoms in total. The lowest BCUT2D eigenvalue weighted by molar-refractivity contribution is 0.156. The molecule has 82 valence electrons. The highest BCUT2D eigenvalue weighted by atomic mass is 35.5. The minimum absolute atomic E-state index is 0. The SMILES string of the molecule is CC(S)CN1CCN(C)CC1.Cl.Cl. The van der Waals surface area contributed by atoms with Gasteiger partial charge in [0.05, 0.1) is 0 Å². The lowest BCUT2D eigenvalue weighted by Crippen LogP contribution is -2.46. The van der Waals surface area contributed by atoms with Crippen molar-refractivity contribution < 1.29 is 0 Å². The molecule has 0 bridgehead atoms. The molecule has 1 heterocycles. The number of likely N-dealkylation sites (N-methyl/N-ethyl adjacent to an activating group) is 1. The molecule has 1 fully saturated rings. The van der Waals surface area contributed by atoms with Crippen molar-refractivity contribution in [3.8, 4) is 0 Å². The van der Waals surface area contributed by atoms with Crippen LogP contribution in [0.15, 0.2) is 0 Å². The molecule has 1 aliphatic rings. The van der Waals surface area contributed by atoms with Crippen molar-refractivity contribution in [1.82, 2.24) is 9.80 Å². The Morgan fingerprint density at radius 2 is 1.62 bits per heavy atom. The van der Waals surface area contributed by atoms with Crippen LogP contribution in [0.5, 0.6) is 0 Å². The summed E-state index contributed by atoms with van der Waals surface area (Å²) in [6.45, 7) is 8.13. The van der Waals surface area contributed by atoms with Gasteiger partial charge in [-0.15, -0.1) is 24.8 Å². The Bertz CT molecular complexity index is 117. The van der Waals surface area contributed by atoms with E-state index in [0.717, 1.165) is 6.54 Å². The summed E-state index contributed by atoms with van der Waals surface area (Å²) in [5.74, 6) is 0. The summed E-state index contributed by atoms with van der Waals surface area (Å²) < 4.78 is 0. The van der Waals surface area contributed by atoms with E-state index in [9.17, 15) is 0 Å². The first kappa shape index (κ1) is 16.3. The van der Waals surface area contributed by atoms with Crippen molar-refractivity contribution >= 4 is 37.4 Å². The van der Waals surface area contributed by atoms with Crippen molar-refractivity contribution in [2.45, 2.75) is 12.2 Å². The van der Waals surface area contributed by atoms with Gasteiger partial charge in [0.2, 0.25) is 0 Å². The van der Waals surface area contributed by atoms with E-state index in [1.165, 1.54) is 26.2 Å². The Balaban J connectivity index is 0. The maximum absolute atomic E-state index is 4.38. The number of hydrogen-bond donors (Lipinski definition) is 1. The van der Waals surface area contributed by atoms with Crippen molar-refractivity contribution in [2.75, 3.05) is 39.8 Å². The first-order chi connectivity index (χ1) is 5.18. The van der Waals surface area contributed by atoms with Crippen LogP contribution in [0.25, 0.3) is 0 Å². The molecule has 0 aromatic heterocycles. The highest BCUT2D eigenvalue weighted by Crippen LogP contribution is 2.02. The van der Waals surface area contributed by atoms with Crippen molar-refractivity contribution in [1.29, 1.82) is 0 Å². The van der Waals surface area contributed by atoms with Gasteiger partial charge in [0.25, 0.3) is 0 Å². The van der Waals surface area contributed by atoms with E-state index in [4.69, 9.17) is 0 Å². The Kier molecular flexibility index (Phi) is 10.3. The molecule has 0 saturated carbocycles. The Hall–Kier alpha value is 0.850. The lowest BCUT2D eigenvalue weighted by Gasteiger charge is -2.33. The zero-order valence-corrected chi connectivity index (χ0v) is 10.8. The van der Waals surface area contributed by atoms with Crippen molar-refractivity contribution in [3.63, 3.8) is 0 Å². The van der Waals surface area contributed by atoms with Gasteiger partial charge >= 0.3 is 0 Å². The standard InChI is InChI=1S/C8H18N2S.2ClH/c1-8(11)7-10-5-3-9(2)4-6-10;;/h8,11H,3-7H2,1-2H3;2*1H. The fourth-order valence-corrected chi connectivity index (χ4v) is 1.64. The van der Waals surface area contributed by atoms with Crippen LogP contribution in [0, 0.1) is 0 Å². The summed E-state index contributed by atoms with van der Waals surface area (Å²) in [7, 11) is 2.18. The predicted molar refractivity (Wildman–Crippen MR) is 66.9 cm³/mol. The van der Waals surface area contributed by atoms with E-state index in [0.29, 0.717) is 5.25 Å². The molecule has 0 radical (unpaired) electrons. The highest BCUT2D eigenvalue weighted by Gasteiger charge is 2.13. The highest BCUT2D eigenvalue weighted by molar-refractivity contribution is 7.80. The van der Waals surface area contributed by atoms with E-state index in [2.05, 4.69) is 36.4 Å². The number of halogens is 2. The Labute approximate surface area is 99.3 Å². The second kappa shape index (κ2) is 8.18. The largest absolute Gasteiger partial charge is 0.304 e.